The van der Waals surface area contributed by atoms with Crippen molar-refractivity contribution >= 4 is 37.5 Å². The molecule has 0 aromatic heterocycles. The van der Waals surface area contributed by atoms with Crippen LogP contribution < -0.4 is 0 Å². The van der Waals surface area contributed by atoms with Gasteiger partial charge in [-0.05, 0) is 24.1 Å². The van der Waals surface area contributed by atoms with Crippen LogP contribution in [0.5, 0.6) is 0 Å². The molecule has 0 aliphatic heterocycles. The molecule has 0 bridgehead atoms. The Balaban J connectivity index is 2.53. The molecular formula is C15H13ClO4S2. The first-order valence-electron chi connectivity index (χ1n) is 6.24. The number of hydrogen-bond acceptors (Lipinski definition) is 3. The highest BCUT2D eigenvalue weighted by Crippen LogP contribution is 2.33. The molecule has 0 amide bonds. The van der Waals surface area contributed by atoms with Gasteiger partial charge in [-0.2, -0.15) is 0 Å². The molecule has 0 saturated heterocycles. The highest BCUT2D eigenvalue weighted by atomic mass is 35.5. The Morgan fingerprint density at radius 2 is 1.73 bits per heavy atom. The number of hydrogen-bond donors (Lipinski definition) is 2. The molecule has 0 saturated carbocycles. The van der Waals surface area contributed by atoms with Crippen LogP contribution >= 0.6 is 11.6 Å². The maximum atomic E-state index is 11.8. The van der Waals surface area contributed by atoms with Crippen molar-refractivity contribution in [3.8, 4) is 11.1 Å². The molecule has 0 heterocycles. The lowest BCUT2D eigenvalue weighted by molar-refractivity contribution is -0.139. The van der Waals surface area contributed by atoms with E-state index in [-0.39, 0.29) is 5.56 Å². The largest absolute Gasteiger partial charge is 0.480 e. The quantitative estimate of drug-likeness (QED) is 0.876. The van der Waals surface area contributed by atoms with Crippen molar-refractivity contribution in [1.29, 1.82) is 0 Å². The summed E-state index contributed by atoms with van der Waals surface area (Å²) in [5.41, 5.74) is 1.73. The summed E-state index contributed by atoms with van der Waals surface area (Å²) in [6, 6.07) is 13.5. The topological polar surface area (TPSA) is 74.6 Å². The van der Waals surface area contributed by atoms with Gasteiger partial charge in [0.05, 0.1) is 0 Å². The minimum Gasteiger partial charge on any atom is -0.480 e. The Morgan fingerprint density at radius 3 is 2.18 bits per heavy atom. The Morgan fingerprint density at radius 1 is 1.18 bits per heavy atom. The summed E-state index contributed by atoms with van der Waals surface area (Å²) in [6.07, 6.45) is 0. The van der Waals surface area contributed by atoms with Crippen LogP contribution in [0.15, 0.2) is 48.5 Å². The minimum absolute atomic E-state index is 0.165. The van der Waals surface area contributed by atoms with Gasteiger partial charge in [-0.3, -0.25) is 4.79 Å². The van der Waals surface area contributed by atoms with E-state index >= 15 is 0 Å². The van der Waals surface area contributed by atoms with Crippen LogP contribution in [0.25, 0.3) is 11.1 Å². The number of aliphatic carboxylic acids is 1. The molecule has 0 aliphatic carbocycles. The second kappa shape index (κ2) is 5.96. The van der Waals surface area contributed by atoms with E-state index in [0.29, 0.717) is 5.02 Å². The maximum Gasteiger partial charge on any atom is 0.329 e. The van der Waals surface area contributed by atoms with Crippen LogP contribution in [-0.2, 0) is 29.5 Å². The zero-order valence-corrected chi connectivity index (χ0v) is 13.9. The van der Waals surface area contributed by atoms with Crippen molar-refractivity contribution in [2.75, 3.05) is 0 Å². The molecule has 2 atom stereocenters. The van der Waals surface area contributed by atoms with Crippen LogP contribution in [0.3, 0.4) is 0 Å². The molecule has 4 nitrogen and oxygen atoms in total. The molecule has 2 N–H and O–H groups in total. The van der Waals surface area contributed by atoms with Crippen LogP contribution in [0.2, 0.25) is 5.02 Å². The normalized spacial score (nSPS) is 16.5. The van der Waals surface area contributed by atoms with Crippen LogP contribution in [0, 0.1) is 0 Å². The van der Waals surface area contributed by atoms with Gasteiger partial charge in [-0.25, -0.2) is 4.21 Å². The number of carboxylic acid groups (broad SMARTS) is 1. The van der Waals surface area contributed by atoms with Gasteiger partial charge in [-0.15, -0.1) is 0 Å². The predicted octanol–water partition coefficient (Wildman–Crippen LogP) is 3.53. The fourth-order valence-corrected chi connectivity index (χ4v) is 3.45. The fourth-order valence-electron chi connectivity index (χ4n) is 2.05. The van der Waals surface area contributed by atoms with Gasteiger partial charge >= 0.3 is 5.97 Å². The number of rotatable bonds is 4. The molecule has 0 radical (unpaired) electrons. The second-order valence-corrected chi connectivity index (χ2v) is 8.40. The van der Waals surface area contributed by atoms with Crippen LogP contribution in [0.4, 0.5) is 0 Å². The average molecular weight is 357 g/mol. The zero-order chi connectivity index (χ0) is 16.5. The van der Waals surface area contributed by atoms with E-state index in [4.69, 9.17) is 11.6 Å². The second-order valence-electron chi connectivity index (χ2n) is 4.87. The standard InChI is InChI=1S/C15H13ClO4S2/c1-15(14(17)18,22(19,20)21)11-8-6-10(7-9-11)12-4-2-3-5-13(12)16/h2-9H,1H3,(H,17,18)(H,19,20,21). The van der Waals surface area contributed by atoms with Gasteiger partial charge in [0, 0.05) is 21.8 Å². The molecule has 2 aromatic rings. The Hall–Kier alpha value is -1.47. The van der Waals surface area contributed by atoms with Gasteiger partial charge in [0.25, 0.3) is 0 Å². The molecule has 7 heteroatoms. The lowest BCUT2D eigenvalue weighted by Crippen LogP contribution is -2.39. The van der Waals surface area contributed by atoms with Gasteiger partial charge in [0.2, 0.25) is 0 Å². The zero-order valence-electron chi connectivity index (χ0n) is 11.5. The van der Waals surface area contributed by atoms with E-state index in [2.05, 4.69) is 11.2 Å². The molecular weight excluding hydrogens is 344 g/mol. The van der Waals surface area contributed by atoms with Crippen molar-refractivity contribution in [2.45, 2.75) is 11.7 Å². The number of halogens is 1. The third kappa shape index (κ3) is 2.87. The van der Waals surface area contributed by atoms with Crippen molar-refractivity contribution < 1.29 is 18.7 Å². The third-order valence-electron chi connectivity index (χ3n) is 3.54. The lowest BCUT2D eigenvalue weighted by Gasteiger charge is -2.24. The third-order valence-corrected chi connectivity index (χ3v) is 6.32. The first kappa shape index (κ1) is 16.9. The van der Waals surface area contributed by atoms with E-state index in [1.165, 1.54) is 12.1 Å². The first-order valence-corrected chi connectivity index (χ1v) is 9.05. The van der Waals surface area contributed by atoms with Crippen molar-refractivity contribution in [3.63, 3.8) is 0 Å². The Kier molecular flexibility index (Phi) is 4.58. The molecule has 116 valence electrons. The van der Waals surface area contributed by atoms with E-state index in [9.17, 15) is 18.7 Å². The number of carbonyl (C=O) groups is 1. The van der Waals surface area contributed by atoms with E-state index in [0.717, 1.165) is 18.1 Å². The van der Waals surface area contributed by atoms with E-state index in [1.54, 1.807) is 24.3 Å². The molecule has 2 aromatic carbocycles. The summed E-state index contributed by atoms with van der Waals surface area (Å²) in [5.74, 6) is -1.44. The average Bonchev–Trinajstić information content (AvgIpc) is 2.46. The number of carboxylic acids is 1. The summed E-state index contributed by atoms with van der Waals surface area (Å²) < 4.78 is 19.4. The molecule has 0 fully saturated rings. The van der Waals surface area contributed by atoms with Gasteiger partial charge in [0.15, 0.2) is 13.5 Å². The van der Waals surface area contributed by atoms with Gasteiger partial charge in [-0.1, -0.05) is 54.1 Å². The highest BCUT2D eigenvalue weighted by Gasteiger charge is 2.44. The Bertz CT molecular complexity index is 816. The molecule has 2 unspecified atom stereocenters. The summed E-state index contributed by atoms with van der Waals surface area (Å²) in [7, 11) is -3.99. The van der Waals surface area contributed by atoms with Gasteiger partial charge < -0.3 is 9.66 Å². The van der Waals surface area contributed by atoms with Crippen molar-refractivity contribution in [2.24, 2.45) is 0 Å². The van der Waals surface area contributed by atoms with Gasteiger partial charge in [0.1, 0.15) is 0 Å². The molecule has 0 aliphatic rings. The van der Waals surface area contributed by atoms with Crippen molar-refractivity contribution in [3.05, 3.63) is 59.1 Å². The fraction of sp³-hybridized carbons (Fsp3) is 0.133. The van der Waals surface area contributed by atoms with Crippen LogP contribution in [0.1, 0.15) is 12.5 Å². The molecule has 22 heavy (non-hydrogen) atoms. The predicted molar refractivity (Wildman–Crippen MR) is 90.0 cm³/mol. The smallest absolute Gasteiger partial charge is 0.329 e. The SMILES string of the molecule is CC(C(=O)O)(c1ccc(-c2ccccc2Cl)cc1)S(=O)(O)=S. The monoisotopic (exact) mass is 356 g/mol. The first-order chi connectivity index (χ1) is 10.2. The highest BCUT2D eigenvalue weighted by molar-refractivity contribution is 8.30. The summed E-state index contributed by atoms with van der Waals surface area (Å²) in [6.45, 7) is 1.15. The lowest BCUT2D eigenvalue weighted by atomic mass is 9.97. The molecule has 2 rings (SSSR count). The summed E-state index contributed by atoms with van der Waals surface area (Å²) in [5, 5.41) is 9.89. The number of benzene rings is 2. The minimum atomic E-state index is -3.99. The molecule has 0 spiro atoms. The van der Waals surface area contributed by atoms with Crippen LogP contribution in [-0.4, -0.2) is 19.8 Å². The van der Waals surface area contributed by atoms with E-state index < -0.39 is 19.5 Å². The van der Waals surface area contributed by atoms with E-state index in [1.807, 2.05) is 12.1 Å². The maximum absolute atomic E-state index is 11.8. The Labute approximate surface area is 138 Å². The summed E-state index contributed by atoms with van der Waals surface area (Å²) in [4.78, 5) is 11.5. The van der Waals surface area contributed by atoms with Crippen molar-refractivity contribution in [1.82, 2.24) is 0 Å². The summed E-state index contributed by atoms with van der Waals surface area (Å²) >= 11 is 10.6.